The molecule has 6 nitrogen and oxygen atoms in total. The van der Waals surface area contributed by atoms with E-state index >= 15 is 0 Å². The van der Waals surface area contributed by atoms with Crippen LogP contribution in [0.2, 0.25) is 0 Å². The first-order chi connectivity index (χ1) is 6.77. The van der Waals surface area contributed by atoms with Gasteiger partial charge in [0, 0.05) is 18.8 Å². The number of hydrogen-bond donors (Lipinski definition) is 1. The van der Waals surface area contributed by atoms with Gasteiger partial charge in [0.05, 0.1) is 12.6 Å². The third kappa shape index (κ3) is 1.54. The number of carbonyl (C=O) groups is 1. The van der Waals surface area contributed by atoms with Gasteiger partial charge in [0.25, 0.3) is 0 Å². The molecule has 0 amide bonds. The van der Waals surface area contributed by atoms with Crippen LogP contribution in [-0.2, 0) is 11.2 Å². The summed E-state index contributed by atoms with van der Waals surface area (Å²) in [5.74, 6) is -0.194. The van der Waals surface area contributed by atoms with Crippen molar-refractivity contribution in [2.75, 3.05) is 0 Å². The summed E-state index contributed by atoms with van der Waals surface area (Å²) in [6, 6.07) is 0. The minimum atomic E-state index is -0.837. The van der Waals surface area contributed by atoms with Crippen molar-refractivity contribution in [2.24, 2.45) is 0 Å². The first-order valence-electron chi connectivity index (χ1n) is 4.13. The van der Waals surface area contributed by atoms with Gasteiger partial charge in [-0.15, -0.1) is 10.2 Å². The average Bonchev–Trinajstić information content (AvgIpc) is 2.58. The topological polar surface area (TPSA) is 80.4 Å². The van der Waals surface area contributed by atoms with Crippen molar-refractivity contribution in [3.05, 3.63) is 24.4 Å². The maximum absolute atomic E-state index is 10.4. The van der Waals surface area contributed by atoms with Gasteiger partial charge >= 0.3 is 5.97 Å². The highest BCUT2D eigenvalue weighted by Gasteiger charge is 2.06. The Morgan fingerprint density at radius 2 is 2.36 bits per heavy atom. The van der Waals surface area contributed by atoms with E-state index in [2.05, 4.69) is 15.2 Å². The van der Waals surface area contributed by atoms with E-state index < -0.39 is 5.97 Å². The molecule has 0 aliphatic heterocycles. The molecular weight excluding hydrogens is 184 g/mol. The summed E-state index contributed by atoms with van der Waals surface area (Å²) >= 11 is 0. The van der Waals surface area contributed by atoms with Gasteiger partial charge in [-0.3, -0.25) is 14.2 Å². The number of fused-ring (bicyclic) bond motifs is 1. The Balaban J connectivity index is 2.29. The first kappa shape index (κ1) is 8.61. The van der Waals surface area contributed by atoms with Crippen molar-refractivity contribution in [3.63, 3.8) is 0 Å². The van der Waals surface area contributed by atoms with E-state index in [9.17, 15) is 4.79 Å². The lowest BCUT2D eigenvalue weighted by atomic mass is 10.3. The number of aryl methyl sites for hydroxylation is 1. The quantitative estimate of drug-likeness (QED) is 0.748. The van der Waals surface area contributed by atoms with Crippen molar-refractivity contribution in [1.82, 2.24) is 19.6 Å². The normalized spacial score (nSPS) is 10.6. The molecule has 0 aromatic carbocycles. The van der Waals surface area contributed by atoms with E-state index in [1.807, 2.05) is 0 Å². The van der Waals surface area contributed by atoms with Gasteiger partial charge in [-0.05, 0) is 0 Å². The van der Waals surface area contributed by atoms with Gasteiger partial charge in [0.2, 0.25) is 0 Å². The molecule has 6 heteroatoms. The zero-order valence-corrected chi connectivity index (χ0v) is 7.29. The maximum atomic E-state index is 10.4. The van der Waals surface area contributed by atoms with Gasteiger partial charge in [-0.25, -0.2) is 0 Å². The monoisotopic (exact) mass is 192 g/mol. The predicted molar refractivity (Wildman–Crippen MR) is 46.7 cm³/mol. The fraction of sp³-hybridized carbons (Fsp3) is 0.250. The molecular formula is C8H8N4O2. The summed E-state index contributed by atoms with van der Waals surface area (Å²) in [6.45, 7) is 0. The van der Waals surface area contributed by atoms with Crippen molar-refractivity contribution in [3.8, 4) is 0 Å². The summed E-state index contributed by atoms with van der Waals surface area (Å²) in [7, 11) is 0. The zero-order valence-electron chi connectivity index (χ0n) is 7.29. The van der Waals surface area contributed by atoms with E-state index in [1.54, 1.807) is 23.0 Å². The molecule has 72 valence electrons. The van der Waals surface area contributed by atoms with Gasteiger partial charge in [-0.2, -0.15) is 0 Å². The molecule has 0 spiro atoms. The molecule has 2 rings (SSSR count). The molecule has 0 unspecified atom stereocenters. The molecule has 2 aromatic heterocycles. The Morgan fingerprint density at radius 1 is 1.50 bits per heavy atom. The van der Waals surface area contributed by atoms with Gasteiger partial charge < -0.3 is 5.11 Å². The molecule has 0 aliphatic carbocycles. The number of rotatable bonds is 3. The Hall–Kier alpha value is -1.98. The van der Waals surface area contributed by atoms with E-state index in [-0.39, 0.29) is 6.42 Å². The van der Waals surface area contributed by atoms with Gasteiger partial charge in [0.1, 0.15) is 5.82 Å². The highest BCUT2D eigenvalue weighted by molar-refractivity contribution is 5.66. The maximum Gasteiger partial charge on any atom is 0.303 e. The fourth-order valence-electron chi connectivity index (χ4n) is 1.19. The fourth-order valence-corrected chi connectivity index (χ4v) is 1.19. The molecule has 0 radical (unpaired) electrons. The highest BCUT2D eigenvalue weighted by Crippen LogP contribution is 2.03. The Kier molecular flexibility index (Phi) is 2.10. The molecule has 0 atom stereocenters. The van der Waals surface area contributed by atoms with Crippen LogP contribution in [0, 0.1) is 0 Å². The third-order valence-electron chi connectivity index (χ3n) is 1.85. The van der Waals surface area contributed by atoms with Crippen LogP contribution in [0.1, 0.15) is 12.2 Å². The summed E-state index contributed by atoms with van der Waals surface area (Å²) in [4.78, 5) is 14.2. The SMILES string of the molecule is O=C(O)CCc1nnc2cnccn12. The average molecular weight is 192 g/mol. The molecule has 2 aromatic rings. The smallest absolute Gasteiger partial charge is 0.303 e. The number of aromatic nitrogens is 4. The second kappa shape index (κ2) is 3.41. The van der Waals surface area contributed by atoms with E-state index in [4.69, 9.17) is 5.11 Å². The molecule has 0 saturated heterocycles. The van der Waals surface area contributed by atoms with E-state index in [1.165, 1.54) is 0 Å². The molecule has 0 aliphatic rings. The van der Waals surface area contributed by atoms with Crippen LogP contribution in [0.3, 0.4) is 0 Å². The molecule has 14 heavy (non-hydrogen) atoms. The Bertz CT molecular complexity index is 465. The number of nitrogens with zero attached hydrogens (tertiary/aromatic N) is 4. The van der Waals surface area contributed by atoms with Crippen LogP contribution >= 0.6 is 0 Å². The number of carboxylic acids is 1. The zero-order chi connectivity index (χ0) is 9.97. The van der Waals surface area contributed by atoms with Crippen LogP contribution < -0.4 is 0 Å². The van der Waals surface area contributed by atoms with Crippen molar-refractivity contribution in [1.29, 1.82) is 0 Å². The molecule has 1 N–H and O–H groups in total. The van der Waals surface area contributed by atoms with Gasteiger partial charge in [0.15, 0.2) is 5.65 Å². The Labute approximate surface area is 79.2 Å². The van der Waals surface area contributed by atoms with Crippen LogP contribution in [0.25, 0.3) is 5.65 Å². The second-order valence-electron chi connectivity index (χ2n) is 2.81. The summed E-state index contributed by atoms with van der Waals surface area (Å²) < 4.78 is 1.73. The van der Waals surface area contributed by atoms with Gasteiger partial charge in [-0.1, -0.05) is 0 Å². The van der Waals surface area contributed by atoms with Crippen LogP contribution in [-0.4, -0.2) is 30.7 Å². The minimum Gasteiger partial charge on any atom is -0.481 e. The van der Waals surface area contributed by atoms with Crippen LogP contribution in [0.5, 0.6) is 0 Å². The van der Waals surface area contributed by atoms with Crippen LogP contribution in [0.4, 0.5) is 0 Å². The molecule has 0 fully saturated rings. The van der Waals surface area contributed by atoms with Crippen molar-refractivity contribution >= 4 is 11.6 Å². The highest BCUT2D eigenvalue weighted by atomic mass is 16.4. The summed E-state index contributed by atoms with van der Waals surface area (Å²) in [6.07, 6.45) is 5.34. The molecule has 2 heterocycles. The van der Waals surface area contributed by atoms with Crippen molar-refractivity contribution < 1.29 is 9.90 Å². The van der Waals surface area contributed by atoms with Crippen LogP contribution in [0.15, 0.2) is 18.6 Å². The largest absolute Gasteiger partial charge is 0.481 e. The minimum absolute atomic E-state index is 0.0586. The number of carboxylic acid groups (broad SMARTS) is 1. The predicted octanol–water partition coefficient (Wildman–Crippen LogP) is 0.141. The van der Waals surface area contributed by atoms with E-state index in [0.29, 0.717) is 17.9 Å². The second-order valence-corrected chi connectivity index (χ2v) is 2.81. The number of hydrogen-bond acceptors (Lipinski definition) is 4. The number of aliphatic carboxylic acids is 1. The lowest BCUT2D eigenvalue weighted by molar-refractivity contribution is -0.137. The standard InChI is InChI=1S/C8H8N4O2/c13-8(14)2-1-6-10-11-7-5-9-3-4-12(6)7/h3-5H,1-2H2,(H,13,14). The lowest BCUT2D eigenvalue weighted by Crippen LogP contribution is -2.01. The summed E-state index contributed by atoms with van der Waals surface area (Å²) in [5.41, 5.74) is 0.632. The molecule has 0 bridgehead atoms. The Morgan fingerprint density at radius 3 is 3.14 bits per heavy atom. The van der Waals surface area contributed by atoms with Crippen molar-refractivity contribution in [2.45, 2.75) is 12.8 Å². The first-order valence-corrected chi connectivity index (χ1v) is 4.13. The molecule has 0 saturated carbocycles. The third-order valence-corrected chi connectivity index (χ3v) is 1.85. The lowest BCUT2D eigenvalue weighted by Gasteiger charge is -1.95. The van der Waals surface area contributed by atoms with E-state index in [0.717, 1.165) is 0 Å². The summed E-state index contributed by atoms with van der Waals surface area (Å²) in [5, 5.41) is 16.2.